The van der Waals surface area contributed by atoms with Crippen LogP contribution in [0.25, 0.3) is 0 Å². The molecule has 0 bridgehead atoms. The van der Waals surface area contributed by atoms with Gasteiger partial charge in [-0.15, -0.1) is 0 Å². The van der Waals surface area contributed by atoms with Gasteiger partial charge in [-0.2, -0.15) is 0 Å². The Hall–Kier alpha value is -1.55. The Bertz CT molecular complexity index is 418. The van der Waals surface area contributed by atoms with Crippen molar-refractivity contribution in [2.45, 2.75) is 32.9 Å². The van der Waals surface area contributed by atoms with Crippen molar-refractivity contribution >= 4 is 5.91 Å². The van der Waals surface area contributed by atoms with Gasteiger partial charge >= 0.3 is 0 Å². The second-order valence-electron chi connectivity index (χ2n) is 5.28. The monoisotopic (exact) mass is 264 g/mol. The maximum Gasteiger partial charge on any atom is 0.239 e. The van der Waals surface area contributed by atoms with Crippen LogP contribution in [0.4, 0.5) is 0 Å². The van der Waals surface area contributed by atoms with Crippen LogP contribution in [0.3, 0.4) is 0 Å². The van der Waals surface area contributed by atoms with E-state index in [1.807, 2.05) is 24.3 Å². The molecule has 4 heteroatoms. The van der Waals surface area contributed by atoms with E-state index in [0.29, 0.717) is 18.9 Å². The van der Waals surface area contributed by atoms with E-state index < -0.39 is 6.04 Å². The van der Waals surface area contributed by atoms with Gasteiger partial charge in [-0.3, -0.25) is 4.79 Å². The number of amides is 1. The number of ether oxygens (including phenoxy) is 1. The van der Waals surface area contributed by atoms with Crippen molar-refractivity contribution in [1.82, 2.24) is 4.90 Å². The van der Waals surface area contributed by atoms with Crippen LogP contribution in [0, 0.1) is 5.92 Å². The van der Waals surface area contributed by atoms with E-state index >= 15 is 0 Å². The highest BCUT2D eigenvalue weighted by atomic mass is 16.5. The molecule has 0 aliphatic carbocycles. The zero-order chi connectivity index (χ0) is 14.4. The quantitative estimate of drug-likeness (QED) is 0.855. The van der Waals surface area contributed by atoms with Crippen LogP contribution in [0.2, 0.25) is 0 Å². The molecule has 0 radical (unpaired) electrons. The molecule has 0 aromatic heterocycles. The SMILES string of the molecule is COc1cccc(CN(C)C(=O)[C@H](N)CC(C)C)c1. The van der Waals surface area contributed by atoms with Gasteiger partial charge in [-0.25, -0.2) is 0 Å². The van der Waals surface area contributed by atoms with Gasteiger partial charge < -0.3 is 15.4 Å². The third-order valence-corrected chi connectivity index (χ3v) is 2.97. The van der Waals surface area contributed by atoms with Gasteiger partial charge in [0.15, 0.2) is 0 Å². The lowest BCUT2D eigenvalue weighted by atomic mass is 10.0. The second kappa shape index (κ2) is 7.14. The van der Waals surface area contributed by atoms with E-state index in [4.69, 9.17) is 10.5 Å². The maximum absolute atomic E-state index is 12.1. The highest BCUT2D eigenvalue weighted by Gasteiger charge is 2.19. The van der Waals surface area contributed by atoms with Crippen LogP contribution in [0.1, 0.15) is 25.8 Å². The molecule has 1 amide bonds. The van der Waals surface area contributed by atoms with E-state index in [0.717, 1.165) is 11.3 Å². The Morgan fingerprint density at radius 2 is 2.11 bits per heavy atom. The summed E-state index contributed by atoms with van der Waals surface area (Å²) in [6.45, 7) is 4.67. The summed E-state index contributed by atoms with van der Waals surface area (Å²) in [6, 6.07) is 7.28. The van der Waals surface area contributed by atoms with Gasteiger partial charge in [0.2, 0.25) is 5.91 Å². The molecular formula is C15H24N2O2. The van der Waals surface area contributed by atoms with Crippen LogP contribution in [0.5, 0.6) is 5.75 Å². The standard InChI is InChI=1S/C15H24N2O2/c1-11(2)8-14(16)15(18)17(3)10-12-6-5-7-13(9-12)19-4/h5-7,9,11,14H,8,10,16H2,1-4H3/t14-/m1/s1. The number of likely N-dealkylation sites (N-methyl/N-ethyl adjacent to an activating group) is 1. The number of nitrogens with zero attached hydrogens (tertiary/aromatic N) is 1. The summed E-state index contributed by atoms with van der Waals surface area (Å²) < 4.78 is 5.17. The highest BCUT2D eigenvalue weighted by molar-refractivity contribution is 5.81. The van der Waals surface area contributed by atoms with Crippen molar-refractivity contribution in [3.63, 3.8) is 0 Å². The van der Waals surface area contributed by atoms with Crippen molar-refractivity contribution in [2.24, 2.45) is 11.7 Å². The highest BCUT2D eigenvalue weighted by Crippen LogP contribution is 2.14. The second-order valence-corrected chi connectivity index (χ2v) is 5.28. The molecule has 19 heavy (non-hydrogen) atoms. The Morgan fingerprint density at radius 1 is 1.42 bits per heavy atom. The molecule has 0 saturated carbocycles. The molecule has 0 aliphatic heterocycles. The minimum atomic E-state index is -0.421. The maximum atomic E-state index is 12.1. The van der Waals surface area contributed by atoms with E-state index in [1.165, 1.54) is 0 Å². The minimum absolute atomic E-state index is 0.0171. The molecule has 4 nitrogen and oxygen atoms in total. The Balaban J connectivity index is 2.62. The first-order chi connectivity index (χ1) is 8.93. The number of carbonyl (C=O) groups is 1. The number of nitrogens with two attached hydrogens (primary N) is 1. The summed E-state index contributed by atoms with van der Waals surface area (Å²) in [4.78, 5) is 13.8. The Labute approximate surface area is 115 Å². The van der Waals surface area contributed by atoms with E-state index in [2.05, 4.69) is 13.8 Å². The lowest BCUT2D eigenvalue weighted by molar-refractivity contribution is -0.132. The van der Waals surface area contributed by atoms with Gasteiger partial charge in [0.05, 0.1) is 13.2 Å². The lowest BCUT2D eigenvalue weighted by Crippen LogP contribution is -2.42. The molecular weight excluding hydrogens is 240 g/mol. The topological polar surface area (TPSA) is 55.6 Å². The summed E-state index contributed by atoms with van der Waals surface area (Å²) >= 11 is 0. The fourth-order valence-corrected chi connectivity index (χ4v) is 2.01. The van der Waals surface area contributed by atoms with Crippen LogP contribution >= 0.6 is 0 Å². The predicted molar refractivity (Wildman–Crippen MR) is 76.9 cm³/mol. The molecule has 1 aromatic rings. The van der Waals surface area contributed by atoms with Gasteiger partial charge in [-0.05, 0) is 30.0 Å². The molecule has 1 rings (SSSR count). The van der Waals surface area contributed by atoms with Crippen LogP contribution in [-0.2, 0) is 11.3 Å². The average Bonchev–Trinajstić information content (AvgIpc) is 2.37. The molecule has 0 saturated heterocycles. The first-order valence-corrected chi connectivity index (χ1v) is 6.57. The van der Waals surface area contributed by atoms with Crippen LogP contribution in [0.15, 0.2) is 24.3 Å². The molecule has 0 heterocycles. The number of hydrogen-bond acceptors (Lipinski definition) is 3. The molecule has 1 atom stereocenters. The summed E-state index contributed by atoms with van der Waals surface area (Å²) in [5, 5.41) is 0. The fourth-order valence-electron chi connectivity index (χ4n) is 2.01. The summed E-state index contributed by atoms with van der Waals surface area (Å²) in [6.07, 6.45) is 0.710. The molecule has 2 N–H and O–H groups in total. The lowest BCUT2D eigenvalue weighted by Gasteiger charge is -2.22. The van der Waals surface area contributed by atoms with Gasteiger partial charge in [0.1, 0.15) is 5.75 Å². The van der Waals surface area contributed by atoms with Crippen molar-refractivity contribution in [3.8, 4) is 5.75 Å². The van der Waals surface area contributed by atoms with Crippen molar-refractivity contribution in [1.29, 1.82) is 0 Å². The molecule has 1 aromatic carbocycles. The number of hydrogen-bond donors (Lipinski definition) is 1. The van der Waals surface area contributed by atoms with Gasteiger partial charge in [0, 0.05) is 13.6 Å². The smallest absolute Gasteiger partial charge is 0.239 e. The molecule has 0 aliphatic rings. The van der Waals surface area contributed by atoms with E-state index in [9.17, 15) is 4.79 Å². The van der Waals surface area contributed by atoms with Crippen molar-refractivity contribution < 1.29 is 9.53 Å². The third kappa shape index (κ3) is 4.91. The molecule has 0 spiro atoms. The zero-order valence-corrected chi connectivity index (χ0v) is 12.2. The normalized spacial score (nSPS) is 12.3. The summed E-state index contributed by atoms with van der Waals surface area (Å²) in [5.74, 6) is 1.20. The summed E-state index contributed by atoms with van der Waals surface area (Å²) in [5.41, 5.74) is 6.95. The average molecular weight is 264 g/mol. The molecule has 0 fully saturated rings. The summed E-state index contributed by atoms with van der Waals surface area (Å²) in [7, 11) is 3.41. The molecule has 0 unspecified atom stereocenters. The van der Waals surface area contributed by atoms with E-state index in [1.54, 1.807) is 19.1 Å². The minimum Gasteiger partial charge on any atom is -0.497 e. The van der Waals surface area contributed by atoms with Gasteiger partial charge in [-0.1, -0.05) is 26.0 Å². The largest absolute Gasteiger partial charge is 0.497 e. The fraction of sp³-hybridized carbons (Fsp3) is 0.533. The van der Waals surface area contributed by atoms with Crippen LogP contribution in [-0.4, -0.2) is 31.0 Å². The number of benzene rings is 1. The zero-order valence-electron chi connectivity index (χ0n) is 12.2. The first kappa shape index (κ1) is 15.5. The van der Waals surface area contributed by atoms with Crippen molar-refractivity contribution in [3.05, 3.63) is 29.8 Å². The predicted octanol–water partition coefficient (Wildman–Crippen LogP) is 2.03. The first-order valence-electron chi connectivity index (χ1n) is 6.57. The number of methoxy groups -OCH3 is 1. The van der Waals surface area contributed by atoms with Crippen molar-refractivity contribution in [2.75, 3.05) is 14.2 Å². The third-order valence-electron chi connectivity index (χ3n) is 2.97. The number of carbonyl (C=O) groups excluding carboxylic acids is 1. The van der Waals surface area contributed by atoms with E-state index in [-0.39, 0.29) is 5.91 Å². The Morgan fingerprint density at radius 3 is 2.68 bits per heavy atom. The molecule has 106 valence electrons. The van der Waals surface area contributed by atoms with Crippen LogP contribution < -0.4 is 10.5 Å². The van der Waals surface area contributed by atoms with Gasteiger partial charge in [0.25, 0.3) is 0 Å². The number of rotatable bonds is 6. The Kier molecular flexibility index (Phi) is 5.83.